The molecule has 1 aromatic heterocycles. The average Bonchev–Trinajstić information content (AvgIpc) is 2.47. The fraction of sp³-hybridized carbons (Fsp3) is 0.267. The van der Waals surface area contributed by atoms with E-state index in [0.29, 0.717) is 11.5 Å². The van der Waals surface area contributed by atoms with Gasteiger partial charge in [-0.3, -0.25) is 0 Å². The standard InChI is InChI=1S/C15H15N5/c16-9-14-15(19-7-6-18-14)20-13-3-1-2-10-8-11(17)4-5-12(10)13/h4-8,13H,1-3,17H2,(H,19,20). The van der Waals surface area contributed by atoms with Crippen LogP contribution < -0.4 is 11.1 Å². The van der Waals surface area contributed by atoms with Gasteiger partial charge < -0.3 is 11.1 Å². The lowest BCUT2D eigenvalue weighted by Crippen LogP contribution is -2.19. The molecule has 1 atom stereocenters. The van der Waals surface area contributed by atoms with Gasteiger partial charge in [0.1, 0.15) is 6.07 Å². The van der Waals surface area contributed by atoms with E-state index in [9.17, 15) is 0 Å². The molecule has 2 aromatic rings. The van der Waals surface area contributed by atoms with Crippen LogP contribution in [-0.4, -0.2) is 9.97 Å². The van der Waals surface area contributed by atoms with Crippen molar-refractivity contribution < 1.29 is 0 Å². The molecular weight excluding hydrogens is 250 g/mol. The normalized spacial score (nSPS) is 17.1. The second-order valence-corrected chi connectivity index (χ2v) is 4.91. The van der Waals surface area contributed by atoms with Crippen LogP contribution in [0.3, 0.4) is 0 Å². The van der Waals surface area contributed by atoms with E-state index < -0.39 is 0 Å². The highest BCUT2D eigenvalue weighted by atomic mass is 15.0. The Balaban J connectivity index is 1.92. The molecule has 20 heavy (non-hydrogen) atoms. The quantitative estimate of drug-likeness (QED) is 0.814. The Kier molecular flexibility index (Phi) is 3.21. The minimum Gasteiger partial charge on any atom is -0.399 e. The predicted molar refractivity (Wildman–Crippen MR) is 76.9 cm³/mol. The zero-order chi connectivity index (χ0) is 13.9. The third kappa shape index (κ3) is 2.28. The second kappa shape index (κ2) is 5.17. The maximum Gasteiger partial charge on any atom is 0.182 e. The van der Waals surface area contributed by atoms with E-state index in [4.69, 9.17) is 11.0 Å². The number of fused-ring (bicyclic) bond motifs is 1. The lowest BCUT2D eigenvalue weighted by molar-refractivity contribution is 0.598. The molecule has 0 bridgehead atoms. The molecule has 5 nitrogen and oxygen atoms in total. The molecule has 1 heterocycles. The first-order valence-electron chi connectivity index (χ1n) is 6.64. The van der Waals surface area contributed by atoms with Crippen LogP contribution in [0.5, 0.6) is 0 Å². The van der Waals surface area contributed by atoms with Crippen molar-refractivity contribution in [3.8, 4) is 6.07 Å². The number of aromatic nitrogens is 2. The number of nitrogens with two attached hydrogens (primary N) is 1. The molecule has 1 aromatic carbocycles. The highest BCUT2D eigenvalue weighted by Gasteiger charge is 2.21. The summed E-state index contributed by atoms with van der Waals surface area (Å²) in [6.07, 6.45) is 6.27. The number of nitrogens with zero attached hydrogens (tertiary/aromatic N) is 3. The van der Waals surface area contributed by atoms with Crippen molar-refractivity contribution in [3.63, 3.8) is 0 Å². The fourth-order valence-electron chi connectivity index (χ4n) is 2.67. The summed E-state index contributed by atoms with van der Waals surface area (Å²) in [6, 6.07) is 8.23. The summed E-state index contributed by atoms with van der Waals surface area (Å²) in [4.78, 5) is 8.24. The predicted octanol–water partition coefficient (Wildman–Crippen LogP) is 2.42. The van der Waals surface area contributed by atoms with Gasteiger partial charge in [0, 0.05) is 18.1 Å². The SMILES string of the molecule is N#Cc1nccnc1NC1CCCc2cc(N)ccc21. The maximum absolute atomic E-state index is 9.07. The van der Waals surface area contributed by atoms with Crippen LogP contribution >= 0.6 is 0 Å². The summed E-state index contributed by atoms with van der Waals surface area (Å²) in [7, 11) is 0. The van der Waals surface area contributed by atoms with Crippen LogP contribution in [0.2, 0.25) is 0 Å². The molecule has 3 N–H and O–H groups in total. The van der Waals surface area contributed by atoms with Crippen LogP contribution in [-0.2, 0) is 6.42 Å². The lowest BCUT2D eigenvalue weighted by Gasteiger charge is -2.27. The third-order valence-electron chi connectivity index (χ3n) is 3.60. The van der Waals surface area contributed by atoms with Gasteiger partial charge in [0.05, 0.1) is 6.04 Å². The van der Waals surface area contributed by atoms with Gasteiger partial charge in [0.2, 0.25) is 0 Å². The Morgan fingerprint density at radius 2 is 2.15 bits per heavy atom. The van der Waals surface area contributed by atoms with Crippen molar-refractivity contribution in [1.29, 1.82) is 5.26 Å². The molecule has 1 unspecified atom stereocenters. The highest BCUT2D eigenvalue weighted by molar-refractivity contribution is 5.52. The molecule has 0 saturated carbocycles. The monoisotopic (exact) mass is 265 g/mol. The fourth-order valence-corrected chi connectivity index (χ4v) is 2.67. The second-order valence-electron chi connectivity index (χ2n) is 4.91. The molecule has 1 aliphatic carbocycles. The van der Waals surface area contributed by atoms with E-state index in [2.05, 4.69) is 27.4 Å². The number of nitrogen functional groups attached to an aromatic ring is 1. The molecule has 0 saturated heterocycles. The van der Waals surface area contributed by atoms with Crippen molar-refractivity contribution in [3.05, 3.63) is 47.4 Å². The summed E-state index contributed by atoms with van der Waals surface area (Å²) in [5.41, 5.74) is 9.47. The molecular formula is C15H15N5. The van der Waals surface area contributed by atoms with Gasteiger partial charge in [-0.05, 0) is 42.5 Å². The van der Waals surface area contributed by atoms with Gasteiger partial charge >= 0.3 is 0 Å². The van der Waals surface area contributed by atoms with E-state index in [-0.39, 0.29) is 6.04 Å². The van der Waals surface area contributed by atoms with E-state index in [1.165, 1.54) is 17.3 Å². The Labute approximate surface area is 117 Å². The maximum atomic E-state index is 9.07. The number of hydrogen-bond donors (Lipinski definition) is 2. The van der Waals surface area contributed by atoms with Crippen LogP contribution in [0, 0.1) is 11.3 Å². The number of aryl methyl sites for hydroxylation is 1. The van der Waals surface area contributed by atoms with Crippen molar-refractivity contribution in [2.24, 2.45) is 0 Å². The first-order chi connectivity index (χ1) is 9.78. The van der Waals surface area contributed by atoms with Crippen molar-refractivity contribution in [1.82, 2.24) is 9.97 Å². The minimum absolute atomic E-state index is 0.156. The van der Waals surface area contributed by atoms with Crippen LogP contribution in [0.4, 0.5) is 11.5 Å². The molecule has 0 radical (unpaired) electrons. The number of rotatable bonds is 2. The number of nitrogens with one attached hydrogen (secondary N) is 1. The van der Waals surface area contributed by atoms with Gasteiger partial charge in [-0.2, -0.15) is 5.26 Å². The smallest absolute Gasteiger partial charge is 0.182 e. The molecule has 3 rings (SSSR count). The zero-order valence-corrected chi connectivity index (χ0v) is 11.0. The summed E-state index contributed by atoms with van der Waals surface area (Å²) in [5, 5.41) is 12.4. The first kappa shape index (κ1) is 12.4. The summed E-state index contributed by atoms with van der Waals surface area (Å²) in [5.74, 6) is 0.546. The largest absolute Gasteiger partial charge is 0.399 e. The lowest BCUT2D eigenvalue weighted by atomic mass is 9.87. The molecule has 0 spiro atoms. The van der Waals surface area contributed by atoms with Gasteiger partial charge in [0.25, 0.3) is 0 Å². The molecule has 5 heteroatoms. The summed E-state index contributed by atoms with van der Waals surface area (Å²) in [6.45, 7) is 0. The van der Waals surface area contributed by atoms with Crippen molar-refractivity contribution in [2.75, 3.05) is 11.1 Å². The molecule has 0 fully saturated rings. The Morgan fingerprint density at radius 3 is 3.00 bits per heavy atom. The number of hydrogen-bond acceptors (Lipinski definition) is 5. The first-order valence-corrected chi connectivity index (χ1v) is 6.64. The van der Waals surface area contributed by atoms with Crippen LogP contribution in [0.15, 0.2) is 30.6 Å². The van der Waals surface area contributed by atoms with Crippen molar-refractivity contribution in [2.45, 2.75) is 25.3 Å². The van der Waals surface area contributed by atoms with Gasteiger partial charge in [-0.15, -0.1) is 0 Å². The Bertz CT molecular complexity index is 674. The summed E-state index contributed by atoms with van der Waals surface area (Å²) >= 11 is 0. The molecule has 0 amide bonds. The Hall–Kier alpha value is -2.61. The molecule has 1 aliphatic rings. The average molecular weight is 265 g/mol. The van der Waals surface area contributed by atoms with Crippen LogP contribution in [0.25, 0.3) is 0 Å². The van der Waals surface area contributed by atoms with Crippen LogP contribution in [0.1, 0.15) is 35.7 Å². The minimum atomic E-state index is 0.156. The van der Waals surface area contributed by atoms with E-state index in [1.54, 1.807) is 6.20 Å². The third-order valence-corrected chi connectivity index (χ3v) is 3.60. The van der Waals surface area contributed by atoms with E-state index >= 15 is 0 Å². The van der Waals surface area contributed by atoms with Gasteiger partial charge in [-0.1, -0.05) is 6.07 Å². The van der Waals surface area contributed by atoms with Gasteiger partial charge in [0.15, 0.2) is 11.5 Å². The Morgan fingerprint density at radius 1 is 1.30 bits per heavy atom. The van der Waals surface area contributed by atoms with Crippen molar-refractivity contribution >= 4 is 11.5 Å². The van der Waals surface area contributed by atoms with E-state index in [1.807, 2.05) is 12.1 Å². The number of anilines is 2. The highest BCUT2D eigenvalue weighted by Crippen LogP contribution is 2.33. The zero-order valence-electron chi connectivity index (χ0n) is 11.0. The topological polar surface area (TPSA) is 87.6 Å². The molecule has 100 valence electrons. The van der Waals surface area contributed by atoms with Gasteiger partial charge in [-0.25, -0.2) is 9.97 Å². The summed E-state index contributed by atoms with van der Waals surface area (Å²) < 4.78 is 0. The molecule has 0 aliphatic heterocycles. The van der Waals surface area contributed by atoms with E-state index in [0.717, 1.165) is 24.9 Å². The number of benzene rings is 1. The number of nitriles is 1.